The van der Waals surface area contributed by atoms with Crippen LogP contribution in [0.2, 0.25) is 0 Å². The molecule has 0 unspecified atom stereocenters. The second-order valence-electron chi connectivity index (χ2n) is 3.09. The van der Waals surface area contributed by atoms with Crippen LogP contribution in [0.4, 0.5) is 0 Å². The van der Waals surface area contributed by atoms with E-state index in [0.29, 0.717) is 26.3 Å². The Morgan fingerprint density at radius 1 is 1.47 bits per heavy atom. The molecule has 0 rings (SSSR count). The number of hydrogen-bond acceptors (Lipinski definition) is 5. The van der Waals surface area contributed by atoms with Crippen molar-refractivity contribution >= 4 is 5.97 Å². The second kappa shape index (κ2) is 9.64. The first-order valence-corrected chi connectivity index (χ1v) is 4.91. The van der Waals surface area contributed by atoms with Crippen molar-refractivity contribution in [2.24, 2.45) is 5.73 Å². The number of hydrogen-bond donors (Lipinski definition) is 1. The zero-order valence-electron chi connectivity index (χ0n) is 9.44. The lowest BCUT2D eigenvalue weighted by Crippen LogP contribution is -2.24. The number of rotatable bonds is 8. The van der Waals surface area contributed by atoms with Crippen molar-refractivity contribution in [3.63, 3.8) is 0 Å². The molecular formula is C10H20N2O3. The van der Waals surface area contributed by atoms with E-state index < -0.39 is 0 Å². The Bertz CT molecular complexity index is 195. The van der Waals surface area contributed by atoms with Gasteiger partial charge in [0.1, 0.15) is 0 Å². The molecule has 0 bridgehead atoms. The number of ether oxygens (including phenoxy) is 2. The van der Waals surface area contributed by atoms with Crippen LogP contribution >= 0.6 is 0 Å². The summed E-state index contributed by atoms with van der Waals surface area (Å²) in [5.41, 5.74) is 5.27. The van der Waals surface area contributed by atoms with Crippen molar-refractivity contribution in [3.05, 3.63) is 12.2 Å². The van der Waals surface area contributed by atoms with E-state index in [1.807, 2.05) is 11.9 Å². The topological polar surface area (TPSA) is 64.8 Å². The van der Waals surface area contributed by atoms with Gasteiger partial charge in [-0.15, -0.1) is 0 Å². The van der Waals surface area contributed by atoms with Crippen molar-refractivity contribution in [1.29, 1.82) is 0 Å². The zero-order chi connectivity index (χ0) is 11.5. The molecular weight excluding hydrogens is 196 g/mol. The molecule has 0 aromatic heterocycles. The number of carbonyl (C=O) groups is 1. The van der Waals surface area contributed by atoms with E-state index in [4.69, 9.17) is 10.5 Å². The van der Waals surface area contributed by atoms with Gasteiger partial charge in [0.05, 0.1) is 20.3 Å². The van der Waals surface area contributed by atoms with Gasteiger partial charge in [0.2, 0.25) is 0 Å². The molecule has 0 heterocycles. The van der Waals surface area contributed by atoms with Crippen LogP contribution in [0.5, 0.6) is 0 Å². The maximum Gasteiger partial charge on any atom is 0.330 e. The molecule has 0 aliphatic heterocycles. The van der Waals surface area contributed by atoms with Crippen molar-refractivity contribution in [1.82, 2.24) is 4.90 Å². The zero-order valence-corrected chi connectivity index (χ0v) is 9.44. The van der Waals surface area contributed by atoms with Gasteiger partial charge in [0.25, 0.3) is 0 Å². The predicted molar refractivity (Wildman–Crippen MR) is 58.5 cm³/mol. The summed E-state index contributed by atoms with van der Waals surface area (Å²) in [5, 5.41) is 0. The van der Waals surface area contributed by atoms with E-state index in [9.17, 15) is 4.79 Å². The average molecular weight is 216 g/mol. The van der Waals surface area contributed by atoms with E-state index in [1.165, 1.54) is 13.2 Å². The van der Waals surface area contributed by atoms with E-state index >= 15 is 0 Å². The minimum absolute atomic E-state index is 0.331. The highest BCUT2D eigenvalue weighted by Gasteiger charge is 1.96. The summed E-state index contributed by atoms with van der Waals surface area (Å²) in [7, 11) is 3.31. The lowest BCUT2D eigenvalue weighted by atomic mass is 10.4. The standard InChI is InChI=1S/C10H20N2O3/c1-12(7-9-15-8-5-11)6-3-4-10(13)14-2/h3-4H,5-9,11H2,1-2H3/b4-3+. The number of nitrogens with two attached hydrogens (primary N) is 1. The summed E-state index contributed by atoms with van der Waals surface area (Å²) < 4.78 is 9.68. The van der Waals surface area contributed by atoms with Gasteiger partial charge < -0.3 is 20.1 Å². The lowest BCUT2D eigenvalue weighted by molar-refractivity contribution is -0.134. The van der Waals surface area contributed by atoms with E-state index in [2.05, 4.69) is 4.74 Å². The third-order valence-electron chi connectivity index (χ3n) is 1.75. The molecule has 88 valence electrons. The molecule has 0 aromatic rings. The van der Waals surface area contributed by atoms with Gasteiger partial charge in [-0.3, -0.25) is 0 Å². The third-order valence-corrected chi connectivity index (χ3v) is 1.75. The number of methoxy groups -OCH3 is 1. The first kappa shape index (κ1) is 14.1. The normalized spacial score (nSPS) is 11.2. The molecule has 0 atom stereocenters. The highest BCUT2D eigenvalue weighted by Crippen LogP contribution is 1.86. The summed E-state index contributed by atoms with van der Waals surface area (Å²) in [6.07, 6.45) is 3.17. The molecule has 0 aromatic carbocycles. The monoisotopic (exact) mass is 216 g/mol. The maximum absolute atomic E-state index is 10.7. The molecule has 2 N–H and O–H groups in total. The van der Waals surface area contributed by atoms with E-state index in [0.717, 1.165) is 6.54 Å². The summed E-state index contributed by atoms with van der Waals surface area (Å²) in [6, 6.07) is 0. The van der Waals surface area contributed by atoms with Gasteiger partial charge in [-0.1, -0.05) is 6.08 Å². The van der Waals surface area contributed by atoms with Gasteiger partial charge >= 0.3 is 5.97 Å². The Hall–Kier alpha value is -0.910. The molecule has 0 radical (unpaired) electrons. The van der Waals surface area contributed by atoms with Crippen LogP contribution in [-0.4, -0.2) is 57.9 Å². The molecule has 5 heteroatoms. The van der Waals surface area contributed by atoms with E-state index in [1.54, 1.807) is 6.08 Å². The van der Waals surface area contributed by atoms with Gasteiger partial charge in [-0.05, 0) is 7.05 Å². The van der Waals surface area contributed by atoms with Crippen molar-refractivity contribution < 1.29 is 14.3 Å². The summed E-state index contributed by atoms with van der Waals surface area (Å²) in [5.74, 6) is -0.331. The summed E-state index contributed by atoms with van der Waals surface area (Å²) in [4.78, 5) is 12.8. The second-order valence-corrected chi connectivity index (χ2v) is 3.09. The number of carbonyl (C=O) groups excluding carboxylic acids is 1. The highest BCUT2D eigenvalue weighted by atomic mass is 16.5. The molecule has 0 spiro atoms. The number of likely N-dealkylation sites (N-methyl/N-ethyl adjacent to an activating group) is 1. The third kappa shape index (κ3) is 9.40. The minimum Gasteiger partial charge on any atom is -0.466 e. The molecule has 15 heavy (non-hydrogen) atoms. The fourth-order valence-electron chi connectivity index (χ4n) is 0.894. The largest absolute Gasteiger partial charge is 0.466 e. The smallest absolute Gasteiger partial charge is 0.330 e. The quantitative estimate of drug-likeness (QED) is 0.340. The van der Waals surface area contributed by atoms with E-state index in [-0.39, 0.29) is 5.97 Å². The Morgan fingerprint density at radius 3 is 2.80 bits per heavy atom. The molecule has 0 aliphatic carbocycles. The van der Waals surface area contributed by atoms with Gasteiger partial charge in [0, 0.05) is 25.7 Å². The first-order chi connectivity index (χ1) is 7.20. The number of esters is 1. The molecule has 0 amide bonds. The minimum atomic E-state index is -0.331. The van der Waals surface area contributed by atoms with Crippen LogP contribution < -0.4 is 5.73 Å². The molecule has 0 saturated heterocycles. The predicted octanol–water partition coefficient (Wildman–Crippen LogP) is -0.377. The first-order valence-electron chi connectivity index (χ1n) is 4.91. The number of nitrogens with zero attached hydrogens (tertiary/aromatic N) is 1. The Balaban J connectivity index is 3.44. The Kier molecular flexibility index (Phi) is 9.05. The fraction of sp³-hybridized carbons (Fsp3) is 0.700. The maximum atomic E-state index is 10.7. The molecule has 0 saturated carbocycles. The molecule has 5 nitrogen and oxygen atoms in total. The van der Waals surface area contributed by atoms with Gasteiger partial charge in [-0.25, -0.2) is 4.79 Å². The Labute approximate surface area is 90.8 Å². The highest BCUT2D eigenvalue weighted by molar-refractivity contribution is 5.81. The fourth-order valence-corrected chi connectivity index (χ4v) is 0.894. The molecule has 0 fully saturated rings. The van der Waals surface area contributed by atoms with Crippen molar-refractivity contribution in [2.75, 3.05) is 47.0 Å². The molecule has 0 aliphatic rings. The van der Waals surface area contributed by atoms with Crippen LogP contribution in [0.3, 0.4) is 0 Å². The Morgan fingerprint density at radius 2 is 2.20 bits per heavy atom. The van der Waals surface area contributed by atoms with Crippen LogP contribution in [-0.2, 0) is 14.3 Å². The SMILES string of the molecule is COC(=O)/C=C/CN(C)CCOCCN. The van der Waals surface area contributed by atoms with Crippen LogP contribution in [0, 0.1) is 0 Å². The van der Waals surface area contributed by atoms with Crippen molar-refractivity contribution in [2.45, 2.75) is 0 Å². The van der Waals surface area contributed by atoms with Crippen molar-refractivity contribution in [3.8, 4) is 0 Å². The summed E-state index contributed by atoms with van der Waals surface area (Å²) in [6.45, 7) is 3.30. The van der Waals surface area contributed by atoms with Crippen LogP contribution in [0.25, 0.3) is 0 Å². The average Bonchev–Trinajstić information content (AvgIpc) is 2.24. The van der Waals surface area contributed by atoms with Crippen LogP contribution in [0.15, 0.2) is 12.2 Å². The van der Waals surface area contributed by atoms with Gasteiger partial charge in [-0.2, -0.15) is 0 Å². The van der Waals surface area contributed by atoms with Crippen LogP contribution in [0.1, 0.15) is 0 Å². The van der Waals surface area contributed by atoms with Gasteiger partial charge in [0.15, 0.2) is 0 Å². The summed E-state index contributed by atoms with van der Waals surface area (Å²) >= 11 is 0. The lowest BCUT2D eigenvalue weighted by Gasteiger charge is -2.13.